The second kappa shape index (κ2) is 1.62. The molecule has 3 heteroatoms. The summed E-state index contributed by atoms with van der Waals surface area (Å²) < 4.78 is 9.74. The van der Waals surface area contributed by atoms with Gasteiger partial charge >= 0.3 is 11.7 Å². The maximum absolute atomic E-state index is 9.74. The molecule has 0 aliphatic rings. The molecule has 0 amide bonds. The van der Waals surface area contributed by atoms with Gasteiger partial charge in [0.25, 0.3) is 4.87 Å². The smallest absolute Gasteiger partial charge is 0.272 e. The summed E-state index contributed by atoms with van der Waals surface area (Å²) in [5.74, 6) is 0. The molecule has 2 nitrogen and oxygen atoms in total. The van der Waals surface area contributed by atoms with Crippen LogP contribution in [0.4, 0.5) is 0 Å². The van der Waals surface area contributed by atoms with E-state index in [1.807, 2.05) is 0 Å². The Morgan fingerprint density at radius 1 is 1.67 bits per heavy atom. The fourth-order valence-electron chi connectivity index (χ4n) is 0. The first-order valence-electron chi connectivity index (χ1n) is 1.66. The molecule has 0 bridgehead atoms. The van der Waals surface area contributed by atoms with Gasteiger partial charge in [-0.15, -0.1) is 0 Å². The molecule has 2 N–H and O–H groups in total. The van der Waals surface area contributed by atoms with E-state index in [1.165, 1.54) is 0 Å². The number of hydrogen-bond acceptors (Lipinski definition) is 2. The van der Waals surface area contributed by atoms with Gasteiger partial charge in [-0.05, 0) is 0 Å². The molecule has 0 aliphatic heterocycles. The van der Waals surface area contributed by atoms with E-state index in [-0.39, 0.29) is 0 Å². The third-order valence-corrected chi connectivity index (χ3v) is 0.644. The van der Waals surface area contributed by atoms with E-state index in [0.29, 0.717) is 11.7 Å². The lowest BCUT2D eigenvalue weighted by atomic mass is 10.4. The standard InChI is InChI=1S/C3H8NOS/c1-3(2,4)6-5/h4H2,1-2H3/q+1. The predicted molar refractivity (Wildman–Crippen MR) is 26.3 cm³/mol. The minimum Gasteiger partial charge on any atom is -0.272 e. The molecule has 0 aliphatic carbocycles. The molecule has 0 aromatic rings. The molecule has 0 saturated carbocycles. The average Bonchev–Trinajstić information content (AvgIpc) is 1.35. The van der Waals surface area contributed by atoms with Crippen LogP contribution in [0.15, 0.2) is 0 Å². The summed E-state index contributed by atoms with van der Waals surface area (Å²) in [5, 5.41) is 0. The molecule has 0 heterocycles. The van der Waals surface area contributed by atoms with E-state index in [0.717, 1.165) is 0 Å². The molecule has 0 aromatic heterocycles. The van der Waals surface area contributed by atoms with Crippen LogP contribution in [0.3, 0.4) is 0 Å². The summed E-state index contributed by atoms with van der Waals surface area (Å²) in [6.45, 7) is 3.34. The van der Waals surface area contributed by atoms with E-state index in [1.54, 1.807) is 13.8 Å². The summed E-state index contributed by atoms with van der Waals surface area (Å²) >= 11 is 0.410. The lowest BCUT2D eigenvalue weighted by Crippen LogP contribution is -2.29. The number of nitrogens with two attached hydrogens (primary N) is 1. The van der Waals surface area contributed by atoms with Crippen molar-refractivity contribution in [1.82, 2.24) is 0 Å². The normalized spacial score (nSPS) is 11.2. The Labute approximate surface area is 41.2 Å². The van der Waals surface area contributed by atoms with Gasteiger partial charge in [-0.3, -0.25) is 5.73 Å². The van der Waals surface area contributed by atoms with Crippen LogP contribution in [-0.2, 0) is 15.9 Å². The van der Waals surface area contributed by atoms with Gasteiger partial charge < -0.3 is 0 Å². The van der Waals surface area contributed by atoms with Crippen LogP contribution in [0.25, 0.3) is 0 Å². The predicted octanol–water partition coefficient (Wildman–Crippen LogP) is 0.109. The van der Waals surface area contributed by atoms with Gasteiger partial charge in [0, 0.05) is 18.1 Å². The highest BCUT2D eigenvalue weighted by molar-refractivity contribution is 7.67. The number of rotatable bonds is 1. The lowest BCUT2D eigenvalue weighted by molar-refractivity contribution is 0.583. The first-order valence-corrected chi connectivity index (χ1v) is 2.40. The Hall–Kier alpha value is -0.0200. The summed E-state index contributed by atoms with van der Waals surface area (Å²) in [6.07, 6.45) is 0. The molecule has 36 valence electrons. The summed E-state index contributed by atoms with van der Waals surface area (Å²) in [5.41, 5.74) is 5.19. The Morgan fingerprint density at radius 2 is 1.83 bits per heavy atom. The van der Waals surface area contributed by atoms with Crippen molar-refractivity contribution in [2.45, 2.75) is 18.7 Å². The molecule has 0 unspecified atom stereocenters. The van der Waals surface area contributed by atoms with E-state index in [9.17, 15) is 4.21 Å². The van der Waals surface area contributed by atoms with Crippen molar-refractivity contribution in [1.29, 1.82) is 0 Å². The fourth-order valence-corrected chi connectivity index (χ4v) is 0. The SMILES string of the molecule is CC(C)(N)[S+]=O. The van der Waals surface area contributed by atoms with Crippen molar-refractivity contribution in [3.05, 3.63) is 0 Å². The lowest BCUT2D eigenvalue weighted by Gasteiger charge is -1.87. The monoisotopic (exact) mass is 106 g/mol. The maximum atomic E-state index is 9.74. The molecular weight excluding hydrogens is 98.1 g/mol. The minimum absolute atomic E-state index is 0.410. The second-order valence-corrected chi connectivity index (χ2v) is 2.91. The zero-order chi connectivity index (χ0) is 5.21. The van der Waals surface area contributed by atoms with Crippen LogP contribution < -0.4 is 5.73 Å². The minimum atomic E-state index is -0.597. The molecule has 0 rings (SSSR count). The molecule has 0 spiro atoms. The van der Waals surface area contributed by atoms with Gasteiger partial charge in [-0.25, -0.2) is 0 Å². The number of hydrogen-bond donors (Lipinski definition) is 1. The van der Waals surface area contributed by atoms with E-state index in [4.69, 9.17) is 5.73 Å². The molecule has 0 saturated heterocycles. The third kappa shape index (κ3) is 3.98. The zero-order valence-corrected chi connectivity index (χ0v) is 4.71. The van der Waals surface area contributed by atoms with Gasteiger partial charge in [0.05, 0.1) is 0 Å². The highest BCUT2D eigenvalue weighted by Crippen LogP contribution is 1.89. The summed E-state index contributed by atoms with van der Waals surface area (Å²) in [7, 11) is 0. The Bertz CT molecular complexity index is 56.3. The van der Waals surface area contributed by atoms with Crippen LogP contribution >= 0.6 is 0 Å². The quantitative estimate of drug-likeness (QED) is 0.381. The van der Waals surface area contributed by atoms with E-state index < -0.39 is 4.87 Å². The van der Waals surface area contributed by atoms with Crippen molar-refractivity contribution >= 4 is 11.7 Å². The van der Waals surface area contributed by atoms with Gasteiger partial charge in [-0.1, -0.05) is 0 Å². The maximum Gasteiger partial charge on any atom is 0.481 e. The molecule has 0 atom stereocenters. The first-order chi connectivity index (χ1) is 2.56. The third-order valence-electron chi connectivity index (χ3n) is 0.215. The molecule has 0 fully saturated rings. The van der Waals surface area contributed by atoms with Crippen molar-refractivity contribution in [2.75, 3.05) is 0 Å². The highest BCUT2D eigenvalue weighted by Gasteiger charge is 2.24. The van der Waals surface area contributed by atoms with Crippen molar-refractivity contribution < 1.29 is 4.21 Å². The Kier molecular flexibility index (Phi) is 1.61. The van der Waals surface area contributed by atoms with Crippen LogP contribution in [0.2, 0.25) is 0 Å². The van der Waals surface area contributed by atoms with Crippen molar-refractivity contribution in [2.24, 2.45) is 5.73 Å². The molecule has 0 radical (unpaired) electrons. The summed E-state index contributed by atoms with van der Waals surface area (Å²) in [4.78, 5) is -0.597. The van der Waals surface area contributed by atoms with Gasteiger partial charge in [0.2, 0.25) is 0 Å². The highest BCUT2D eigenvalue weighted by atomic mass is 32.1. The molecular formula is C3H8NOS+. The molecule has 0 aromatic carbocycles. The topological polar surface area (TPSA) is 43.1 Å². The average molecular weight is 106 g/mol. The zero-order valence-electron chi connectivity index (χ0n) is 3.89. The van der Waals surface area contributed by atoms with Crippen LogP contribution in [0.1, 0.15) is 13.8 Å². The van der Waals surface area contributed by atoms with E-state index in [2.05, 4.69) is 0 Å². The largest absolute Gasteiger partial charge is 0.481 e. The van der Waals surface area contributed by atoms with Crippen LogP contribution in [-0.4, -0.2) is 4.87 Å². The van der Waals surface area contributed by atoms with Crippen molar-refractivity contribution in [3.63, 3.8) is 0 Å². The molecule has 6 heavy (non-hydrogen) atoms. The summed E-state index contributed by atoms with van der Waals surface area (Å²) in [6, 6.07) is 0. The van der Waals surface area contributed by atoms with Crippen molar-refractivity contribution in [3.8, 4) is 0 Å². The van der Waals surface area contributed by atoms with Gasteiger partial charge in [0.1, 0.15) is 0 Å². The second-order valence-electron chi connectivity index (χ2n) is 1.69. The van der Waals surface area contributed by atoms with Crippen LogP contribution in [0.5, 0.6) is 0 Å². The first kappa shape index (κ1) is 5.98. The fraction of sp³-hybridized carbons (Fsp3) is 1.00. The Balaban J connectivity index is 3.45. The van der Waals surface area contributed by atoms with Gasteiger partial charge in [-0.2, -0.15) is 0 Å². The van der Waals surface area contributed by atoms with Crippen LogP contribution in [0, 0.1) is 0 Å². The van der Waals surface area contributed by atoms with E-state index >= 15 is 0 Å². The van der Waals surface area contributed by atoms with Gasteiger partial charge in [0.15, 0.2) is 0 Å². The Morgan fingerprint density at radius 3 is 1.83 bits per heavy atom.